The van der Waals surface area contributed by atoms with E-state index in [0.717, 1.165) is 19.4 Å². The van der Waals surface area contributed by atoms with Gasteiger partial charge in [-0.25, -0.2) is 0 Å². The van der Waals surface area contributed by atoms with E-state index in [0.29, 0.717) is 34.5 Å². The summed E-state index contributed by atoms with van der Waals surface area (Å²) in [5, 5.41) is 6.23. The third-order valence-electron chi connectivity index (χ3n) is 4.96. The lowest BCUT2D eigenvalue weighted by atomic mass is 9.83. The van der Waals surface area contributed by atoms with E-state index < -0.39 is 0 Å². The van der Waals surface area contributed by atoms with Crippen molar-refractivity contribution < 1.29 is 19.1 Å². The first-order valence-corrected chi connectivity index (χ1v) is 9.12. The van der Waals surface area contributed by atoms with Gasteiger partial charge in [0, 0.05) is 28.9 Å². The topological polar surface area (TPSA) is 84.5 Å². The number of carbonyl (C=O) groups is 3. The Kier molecular flexibility index (Phi) is 4.73. The van der Waals surface area contributed by atoms with Crippen LogP contribution in [0.4, 0.5) is 5.69 Å². The molecule has 1 fully saturated rings. The Balaban J connectivity index is 1.46. The van der Waals surface area contributed by atoms with Crippen LogP contribution in [0.1, 0.15) is 44.7 Å². The molecule has 1 unspecified atom stereocenters. The lowest BCUT2D eigenvalue weighted by Gasteiger charge is -2.20. The molecule has 1 heterocycles. The maximum atomic E-state index is 12.9. The van der Waals surface area contributed by atoms with Gasteiger partial charge in [0.25, 0.3) is 0 Å². The summed E-state index contributed by atoms with van der Waals surface area (Å²) in [4.78, 5) is 37.5. The van der Waals surface area contributed by atoms with Crippen molar-refractivity contribution in [2.45, 2.75) is 18.9 Å². The summed E-state index contributed by atoms with van der Waals surface area (Å²) in [7, 11) is 0. The van der Waals surface area contributed by atoms with Gasteiger partial charge in [-0.2, -0.15) is 0 Å². The predicted molar refractivity (Wildman–Crippen MR) is 100 cm³/mol. The number of hydrogen-bond donors (Lipinski definition) is 2. The molecule has 2 N–H and O–H groups in total. The SMILES string of the molecule is O=C1c2ccccc2C(=O)c2c(NCCOC(=O)C3CCCN3)cccc21. The number of ether oxygens (including phenoxy) is 1. The summed E-state index contributed by atoms with van der Waals surface area (Å²) in [5.74, 6) is -0.567. The van der Waals surface area contributed by atoms with Gasteiger partial charge < -0.3 is 15.4 Å². The first-order valence-electron chi connectivity index (χ1n) is 9.12. The van der Waals surface area contributed by atoms with Gasteiger partial charge in [0.15, 0.2) is 11.6 Å². The van der Waals surface area contributed by atoms with Crippen LogP contribution >= 0.6 is 0 Å². The van der Waals surface area contributed by atoms with Crippen molar-refractivity contribution in [1.82, 2.24) is 5.32 Å². The first-order chi connectivity index (χ1) is 13.2. The Hall–Kier alpha value is -2.99. The van der Waals surface area contributed by atoms with Gasteiger partial charge in [0.1, 0.15) is 12.6 Å². The summed E-state index contributed by atoms with van der Waals surface area (Å²) < 4.78 is 5.28. The maximum absolute atomic E-state index is 12.9. The van der Waals surface area contributed by atoms with E-state index in [9.17, 15) is 14.4 Å². The van der Waals surface area contributed by atoms with Crippen molar-refractivity contribution in [3.8, 4) is 0 Å². The molecule has 138 valence electrons. The lowest BCUT2D eigenvalue weighted by molar-refractivity contribution is -0.145. The zero-order valence-electron chi connectivity index (χ0n) is 14.8. The molecule has 6 heteroatoms. The fourth-order valence-electron chi connectivity index (χ4n) is 3.62. The van der Waals surface area contributed by atoms with E-state index in [1.165, 1.54) is 0 Å². The number of ketones is 2. The minimum Gasteiger partial charge on any atom is -0.463 e. The smallest absolute Gasteiger partial charge is 0.323 e. The molecule has 6 nitrogen and oxygen atoms in total. The van der Waals surface area contributed by atoms with Gasteiger partial charge in [-0.3, -0.25) is 14.4 Å². The molecule has 0 aromatic heterocycles. The average Bonchev–Trinajstić information content (AvgIpc) is 3.24. The Morgan fingerprint density at radius 2 is 1.78 bits per heavy atom. The maximum Gasteiger partial charge on any atom is 0.323 e. The molecule has 2 aliphatic rings. The third kappa shape index (κ3) is 3.24. The van der Waals surface area contributed by atoms with Crippen molar-refractivity contribution in [2.75, 3.05) is 25.0 Å². The zero-order valence-corrected chi connectivity index (χ0v) is 14.8. The van der Waals surface area contributed by atoms with Crippen LogP contribution in [-0.4, -0.2) is 43.3 Å². The second kappa shape index (κ2) is 7.32. The van der Waals surface area contributed by atoms with Gasteiger partial charge in [-0.05, 0) is 25.5 Å². The van der Waals surface area contributed by atoms with Crippen LogP contribution in [-0.2, 0) is 9.53 Å². The Labute approximate surface area is 156 Å². The normalized spacial score (nSPS) is 18.0. The average molecular weight is 364 g/mol. The first kappa shape index (κ1) is 17.4. The van der Waals surface area contributed by atoms with Crippen LogP contribution < -0.4 is 10.6 Å². The molecule has 0 spiro atoms. The van der Waals surface area contributed by atoms with Crippen LogP contribution in [0.25, 0.3) is 0 Å². The fraction of sp³-hybridized carbons (Fsp3) is 0.286. The highest BCUT2D eigenvalue weighted by Gasteiger charge is 2.31. The zero-order chi connectivity index (χ0) is 18.8. The number of nitrogens with one attached hydrogen (secondary N) is 2. The highest BCUT2D eigenvalue weighted by atomic mass is 16.5. The Bertz CT molecular complexity index is 916. The minimum atomic E-state index is -0.246. The van der Waals surface area contributed by atoms with E-state index >= 15 is 0 Å². The van der Waals surface area contributed by atoms with E-state index in [1.807, 2.05) is 0 Å². The Morgan fingerprint density at radius 1 is 1.04 bits per heavy atom. The molecule has 0 saturated carbocycles. The van der Waals surface area contributed by atoms with Gasteiger partial charge in [-0.15, -0.1) is 0 Å². The number of esters is 1. The monoisotopic (exact) mass is 364 g/mol. The molecule has 0 bridgehead atoms. The summed E-state index contributed by atoms with van der Waals surface area (Å²) >= 11 is 0. The van der Waals surface area contributed by atoms with Crippen molar-refractivity contribution in [3.05, 3.63) is 64.7 Å². The molecular formula is C21H20N2O4. The molecule has 4 rings (SSSR count). The fourth-order valence-corrected chi connectivity index (χ4v) is 3.62. The molecule has 1 aliphatic heterocycles. The van der Waals surface area contributed by atoms with Gasteiger partial charge in [0.2, 0.25) is 0 Å². The standard InChI is InChI=1S/C21H20N2O4/c24-19-13-5-1-2-6-14(13)20(25)18-15(19)7-3-8-16(18)23-11-12-27-21(26)17-9-4-10-22-17/h1-3,5-8,17,22-23H,4,9-12H2. The molecule has 0 amide bonds. The molecule has 0 radical (unpaired) electrons. The highest BCUT2D eigenvalue weighted by molar-refractivity contribution is 6.30. The summed E-state index contributed by atoms with van der Waals surface area (Å²) in [5.41, 5.74) is 2.21. The van der Waals surface area contributed by atoms with Gasteiger partial charge in [-0.1, -0.05) is 36.4 Å². The van der Waals surface area contributed by atoms with Crippen molar-refractivity contribution in [3.63, 3.8) is 0 Å². The predicted octanol–water partition coefficient (Wildman–Crippen LogP) is 2.17. The molecule has 2 aromatic carbocycles. The largest absolute Gasteiger partial charge is 0.463 e. The van der Waals surface area contributed by atoms with Crippen LogP contribution in [0.5, 0.6) is 0 Å². The molecule has 27 heavy (non-hydrogen) atoms. The number of benzene rings is 2. The van der Waals surface area contributed by atoms with Crippen LogP contribution in [0.3, 0.4) is 0 Å². The number of fused-ring (bicyclic) bond motifs is 2. The van der Waals surface area contributed by atoms with Crippen LogP contribution in [0.15, 0.2) is 42.5 Å². The number of anilines is 1. The number of hydrogen-bond acceptors (Lipinski definition) is 6. The van der Waals surface area contributed by atoms with E-state index in [1.54, 1.807) is 42.5 Å². The number of rotatable bonds is 5. The van der Waals surface area contributed by atoms with E-state index in [2.05, 4.69) is 10.6 Å². The molecule has 1 atom stereocenters. The summed E-state index contributed by atoms with van der Waals surface area (Å²) in [6.07, 6.45) is 1.78. The van der Waals surface area contributed by atoms with Crippen molar-refractivity contribution in [2.24, 2.45) is 0 Å². The van der Waals surface area contributed by atoms with E-state index in [-0.39, 0.29) is 30.2 Å². The highest BCUT2D eigenvalue weighted by Crippen LogP contribution is 2.31. The second-order valence-corrected chi connectivity index (χ2v) is 6.68. The van der Waals surface area contributed by atoms with Crippen LogP contribution in [0, 0.1) is 0 Å². The van der Waals surface area contributed by atoms with E-state index in [4.69, 9.17) is 4.74 Å². The van der Waals surface area contributed by atoms with Crippen molar-refractivity contribution >= 4 is 23.2 Å². The lowest BCUT2D eigenvalue weighted by Crippen LogP contribution is -2.33. The molecule has 1 aliphatic carbocycles. The molecule has 1 saturated heterocycles. The summed E-state index contributed by atoms with van der Waals surface area (Å²) in [6, 6.07) is 11.8. The van der Waals surface area contributed by atoms with Gasteiger partial charge in [0.05, 0.1) is 5.56 Å². The summed E-state index contributed by atoms with van der Waals surface area (Å²) in [6.45, 7) is 1.39. The second-order valence-electron chi connectivity index (χ2n) is 6.68. The van der Waals surface area contributed by atoms with Gasteiger partial charge >= 0.3 is 5.97 Å². The quantitative estimate of drug-likeness (QED) is 0.533. The van der Waals surface area contributed by atoms with Crippen molar-refractivity contribution in [1.29, 1.82) is 0 Å². The molecule has 2 aromatic rings. The third-order valence-corrected chi connectivity index (χ3v) is 4.96. The number of carbonyl (C=O) groups excluding carboxylic acids is 3. The minimum absolute atomic E-state index is 0.150. The Morgan fingerprint density at radius 3 is 2.52 bits per heavy atom. The molecular weight excluding hydrogens is 344 g/mol. The van der Waals surface area contributed by atoms with Crippen LogP contribution in [0.2, 0.25) is 0 Å².